The summed E-state index contributed by atoms with van der Waals surface area (Å²) in [4.78, 5) is 2.16. The molecule has 0 aromatic carbocycles. The molecule has 0 bridgehead atoms. The van der Waals surface area contributed by atoms with Crippen molar-refractivity contribution in [3.05, 3.63) is 11.8 Å². The summed E-state index contributed by atoms with van der Waals surface area (Å²) in [5.41, 5.74) is -0.105. The summed E-state index contributed by atoms with van der Waals surface area (Å²) in [6.07, 6.45) is 1.71. The van der Waals surface area contributed by atoms with Crippen molar-refractivity contribution in [2.45, 2.75) is 51.7 Å². The Hall–Kier alpha value is -0.940. The predicted octanol–water partition coefficient (Wildman–Crippen LogP) is 1.32. The van der Waals surface area contributed by atoms with Gasteiger partial charge in [0.1, 0.15) is 0 Å². The Morgan fingerprint density at radius 1 is 1.41 bits per heavy atom. The normalized spacial score (nSPS) is 22.9. The summed E-state index contributed by atoms with van der Waals surface area (Å²) in [6.45, 7) is 8.48. The fourth-order valence-electron chi connectivity index (χ4n) is 1.99. The van der Waals surface area contributed by atoms with Gasteiger partial charge in [-0.25, -0.2) is 0 Å². The van der Waals surface area contributed by atoms with Crippen molar-refractivity contribution in [3.63, 3.8) is 0 Å². The first kappa shape index (κ1) is 12.5. The van der Waals surface area contributed by atoms with Crippen molar-refractivity contribution in [3.8, 4) is 0 Å². The molecule has 1 fully saturated rings. The zero-order valence-corrected chi connectivity index (χ0v) is 10.8. The predicted molar refractivity (Wildman–Crippen MR) is 63.5 cm³/mol. The van der Waals surface area contributed by atoms with Crippen LogP contribution in [0.4, 0.5) is 0 Å². The van der Waals surface area contributed by atoms with E-state index in [-0.39, 0.29) is 11.5 Å². The lowest BCUT2D eigenvalue weighted by Crippen LogP contribution is -2.37. The highest BCUT2D eigenvalue weighted by Gasteiger charge is 2.23. The van der Waals surface area contributed by atoms with Crippen molar-refractivity contribution >= 4 is 0 Å². The summed E-state index contributed by atoms with van der Waals surface area (Å²) in [5, 5.41) is 17.7. The number of nitrogens with zero attached hydrogens (tertiary/aromatic N) is 3. The minimum absolute atomic E-state index is 0.105. The highest BCUT2D eigenvalue weighted by Crippen LogP contribution is 2.21. The van der Waals surface area contributed by atoms with Crippen molar-refractivity contribution in [1.82, 2.24) is 15.1 Å². The van der Waals surface area contributed by atoms with Crippen LogP contribution in [0.5, 0.6) is 0 Å². The van der Waals surface area contributed by atoms with Crippen LogP contribution < -0.4 is 0 Å². The Kier molecular flexibility index (Phi) is 3.49. The number of hydrogen-bond donors (Lipinski definition) is 1. The molecule has 1 aliphatic heterocycles. The van der Waals surface area contributed by atoms with Gasteiger partial charge in [-0.05, 0) is 19.4 Å². The number of aliphatic hydroxyl groups is 1. The topological polar surface area (TPSA) is 62.4 Å². The van der Waals surface area contributed by atoms with Crippen molar-refractivity contribution < 1.29 is 9.52 Å². The summed E-state index contributed by atoms with van der Waals surface area (Å²) in [5.74, 6) is 1.31. The van der Waals surface area contributed by atoms with Crippen LogP contribution >= 0.6 is 0 Å². The molecule has 0 aliphatic carbocycles. The van der Waals surface area contributed by atoms with E-state index in [0.717, 1.165) is 19.4 Å². The van der Waals surface area contributed by atoms with Gasteiger partial charge in [0.15, 0.2) is 0 Å². The SMILES string of the molecule is CC(C)(C)c1nnc(CN2CCC[C@@H](O)C2)o1. The molecule has 1 aromatic rings. The van der Waals surface area contributed by atoms with Crippen molar-refractivity contribution in [2.24, 2.45) is 0 Å². The third-order valence-corrected chi connectivity index (χ3v) is 2.95. The largest absolute Gasteiger partial charge is 0.423 e. The Labute approximate surface area is 102 Å². The molecule has 0 saturated carbocycles. The molecule has 5 nitrogen and oxygen atoms in total. The Morgan fingerprint density at radius 3 is 2.76 bits per heavy atom. The molecule has 17 heavy (non-hydrogen) atoms. The first-order chi connectivity index (χ1) is 7.95. The second-order valence-electron chi connectivity index (χ2n) is 5.78. The zero-order chi connectivity index (χ0) is 12.5. The van der Waals surface area contributed by atoms with Gasteiger partial charge in [-0.3, -0.25) is 4.90 Å². The van der Waals surface area contributed by atoms with Crippen molar-refractivity contribution in [1.29, 1.82) is 0 Å². The molecule has 1 aromatic heterocycles. The first-order valence-electron chi connectivity index (χ1n) is 6.18. The zero-order valence-electron chi connectivity index (χ0n) is 10.8. The second kappa shape index (κ2) is 4.74. The average Bonchev–Trinajstić information content (AvgIpc) is 2.65. The fourth-order valence-corrected chi connectivity index (χ4v) is 1.99. The van der Waals surface area contributed by atoms with Gasteiger partial charge < -0.3 is 9.52 Å². The molecule has 2 heterocycles. The lowest BCUT2D eigenvalue weighted by atomic mass is 9.97. The molecule has 1 atom stereocenters. The van der Waals surface area contributed by atoms with Crippen LogP contribution in [0.3, 0.4) is 0 Å². The van der Waals surface area contributed by atoms with Crippen LogP contribution in [0.1, 0.15) is 45.4 Å². The second-order valence-corrected chi connectivity index (χ2v) is 5.78. The van der Waals surface area contributed by atoms with E-state index < -0.39 is 0 Å². The first-order valence-corrected chi connectivity index (χ1v) is 6.18. The van der Waals surface area contributed by atoms with E-state index in [4.69, 9.17) is 4.42 Å². The number of piperidine rings is 1. The third-order valence-electron chi connectivity index (χ3n) is 2.95. The van der Waals surface area contributed by atoms with E-state index in [1.165, 1.54) is 0 Å². The van der Waals surface area contributed by atoms with Crippen molar-refractivity contribution in [2.75, 3.05) is 13.1 Å². The standard InChI is InChI=1S/C12H21N3O2/c1-12(2,3)11-14-13-10(17-11)8-15-6-4-5-9(16)7-15/h9,16H,4-8H2,1-3H3/t9-/m1/s1. The third kappa shape index (κ3) is 3.26. The lowest BCUT2D eigenvalue weighted by molar-refractivity contribution is 0.0620. The minimum atomic E-state index is -0.214. The maximum absolute atomic E-state index is 9.58. The average molecular weight is 239 g/mol. The summed E-state index contributed by atoms with van der Waals surface area (Å²) >= 11 is 0. The highest BCUT2D eigenvalue weighted by molar-refractivity contribution is 4.96. The van der Waals surface area contributed by atoms with E-state index in [2.05, 4.69) is 35.9 Å². The van der Waals surface area contributed by atoms with Gasteiger partial charge in [0.25, 0.3) is 0 Å². The van der Waals surface area contributed by atoms with Gasteiger partial charge in [-0.1, -0.05) is 20.8 Å². The van der Waals surface area contributed by atoms with Crippen LogP contribution in [0.2, 0.25) is 0 Å². The summed E-state index contributed by atoms with van der Waals surface area (Å²) < 4.78 is 5.64. The van der Waals surface area contributed by atoms with Crippen LogP contribution in [-0.4, -0.2) is 39.4 Å². The Balaban J connectivity index is 1.97. The van der Waals surface area contributed by atoms with Gasteiger partial charge in [-0.2, -0.15) is 0 Å². The minimum Gasteiger partial charge on any atom is -0.423 e. The van der Waals surface area contributed by atoms with Gasteiger partial charge in [0, 0.05) is 12.0 Å². The number of aliphatic hydroxyl groups excluding tert-OH is 1. The Bertz CT molecular complexity index is 370. The monoisotopic (exact) mass is 239 g/mol. The number of β-amino-alcohol motifs (C(OH)–C–C–N with tert-alkyl or cyclic N) is 1. The van der Waals surface area contributed by atoms with E-state index >= 15 is 0 Å². The smallest absolute Gasteiger partial charge is 0.230 e. The van der Waals surface area contributed by atoms with E-state index in [1.807, 2.05) is 0 Å². The van der Waals surface area contributed by atoms with E-state index in [0.29, 0.717) is 24.9 Å². The molecular formula is C12H21N3O2. The Morgan fingerprint density at radius 2 is 2.18 bits per heavy atom. The van der Waals surface area contributed by atoms with Crippen LogP contribution in [0.15, 0.2) is 4.42 Å². The van der Waals surface area contributed by atoms with E-state index in [9.17, 15) is 5.11 Å². The van der Waals surface area contributed by atoms with Gasteiger partial charge >= 0.3 is 0 Å². The van der Waals surface area contributed by atoms with Gasteiger partial charge in [0.05, 0.1) is 12.6 Å². The quantitative estimate of drug-likeness (QED) is 0.843. The summed E-state index contributed by atoms with van der Waals surface area (Å²) in [7, 11) is 0. The fraction of sp³-hybridized carbons (Fsp3) is 0.833. The number of likely N-dealkylation sites (tertiary alicyclic amines) is 1. The molecule has 1 N–H and O–H groups in total. The molecule has 0 unspecified atom stereocenters. The molecule has 1 saturated heterocycles. The molecule has 0 spiro atoms. The van der Waals surface area contributed by atoms with Gasteiger partial charge in [0.2, 0.25) is 11.8 Å². The molecule has 0 radical (unpaired) electrons. The molecule has 2 rings (SSSR count). The maximum atomic E-state index is 9.58. The molecule has 1 aliphatic rings. The summed E-state index contributed by atoms with van der Waals surface area (Å²) in [6, 6.07) is 0. The lowest BCUT2D eigenvalue weighted by Gasteiger charge is -2.28. The van der Waals surface area contributed by atoms with Crippen LogP contribution in [0, 0.1) is 0 Å². The number of hydrogen-bond acceptors (Lipinski definition) is 5. The number of rotatable bonds is 2. The maximum Gasteiger partial charge on any atom is 0.230 e. The molecule has 5 heteroatoms. The van der Waals surface area contributed by atoms with Crippen LogP contribution in [0.25, 0.3) is 0 Å². The van der Waals surface area contributed by atoms with Gasteiger partial charge in [-0.15, -0.1) is 10.2 Å². The molecule has 0 amide bonds. The highest BCUT2D eigenvalue weighted by atomic mass is 16.4. The van der Waals surface area contributed by atoms with Crippen LogP contribution in [-0.2, 0) is 12.0 Å². The van der Waals surface area contributed by atoms with E-state index in [1.54, 1.807) is 0 Å². The molecule has 96 valence electrons. The number of aromatic nitrogens is 2. The molecular weight excluding hydrogens is 218 g/mol.